The first kappa shape index (κ1) is 13.4. The van der Waals surface area contributed by atoms with E-state index in [1.165, 1.54) is 24.4 Å². The van der Waals surface area contributed by atoms with Crippen molar-refractivity contribution in [2.75, 3.05) is 4.72 Å². The molecule has 0 amide bonds. The lowest BCUT2D eigenvalue weighted by molar-refractivity contribution is 0.475. The summed E-state index contributed by atoms with van der Waals surface area (Å²) in [7, 11) is -3.76. The Balaban J connectivity index is 2.41. The van der Waals surface area contributed by atoms with Crippen LogP contribution in [0.3, 0.4) is 0 Å². The van der Waals surface area contributed by atoms with Crippen LogP contribution in [0.15, 0.2) is 41.4 Å². The van der Waals surface area contributed by atoms with Crippen LogP contribution < -0.4 is 4.72 Å². The molecule has 19 heavy (non-hydrogen) atoms. The highest BCUT2D eigenvalue weighted by Crippen LogP contribution is 2.24. The van der Waals surface area contributed by atoms with Crippen LogP contribution in [0.4, 0.5) is 5.82 Å². The first-order chi connectivity index (χ1) is 8.90. The molecule has 0 aliphatic rings. The zero-order valence-electron chi connectivity index (χ0n) is 10.6. The molecule has 0 fully saturated rings. The molecule has 5 nitrogen and oxygen atoms in total. The number of hydrogen-bond acceptors (Lipinski definition) is 4. The number of rotatable bonds is 3. The molecule has 0 unspecified atom stereocenters. The van der Waals surface area contributed by atoms with Gasteiger partial charge in [0.25, 0.3) is 10.0 Å². The van der Waals surface area contributed by atoms with Gasteiger partial charge in [0.15, 0.2) is 11.6 Å². The van der Waals surface area contributed by atoms with E-state index in [9.17, 15) is 13.5 Å². The highest BCUT2D eigenvalue weighted by molar-refractivity contribution is 7.92. The largest absolute Gasteiger partial charge is 0.504 e. The second kappa shape index (κ2) is 4.89. The van der Waals surface area contributed by atoms with E-state index in [0.29, 0.717) is 5.56 Å². The molecule has 0 saturated carbocycles. The maximum absolute atomic E-state index is 12.2. The van der Waals surface area contributed by atoms with E-state index in [1.807, 2.05) is 6.92 Å². The molecule has 0 radical (unpaired) electrons. The third-order valence-corrected chi connectivity index (χ3v) is 4.14. The fourth-order valence-corrected chi connectivity index (χ4v) is 3.01. The van der Waals surface area contributed by atoms with Gasteiger partial charge in [-0.1, -0.05) is 17.7 Å². The Kier molecular flexibility index (Phi) is 3.44. The number of nitrogens with zero attached hydrogens (tertiary/aromatic N) is 1. The Hall–Kier alpha value is -2.08. The molecule has 0 spiro atoms. The van der Waals surface area contributed by atoms with E-state index in [1.54, 1.807) is 19.1 Å². The van der Waals surface area contributed by atoms with Gasteiger partial charge in [0.2, 0.25) is 0 Å². The Morgan fingerprint density at radius 1 is 1.21 bits per heavy atom. The second-order valence-electron chi connectivity index (χ2n) is 4.25. The van der Waals surface area contributed by atoms with Gasteiger partial charge in [-0.3, -0.25) is 4.72 Å². The maximum Gasteiger partial charge on any atom is 0.263 e. The molecular weight excluding hydrogens is 264 g/mol. The molecule has 0 aliphatic carbocycles. The number of aromatic nitrogens is 1. The summed E-state index contributed by atoms with van der Waals surface area (Å²) in [5, 5.41) is 9.54. The maximum atomic E-state index is 12.2. The second-order valence-corrected chi connectivity index (χ2v) is 5.90. The zero-order valence-corrected chi connectivity index (χ0v) is 11.4. The van der Waals surface area contributed by atoms with E-state index >= 15 is 0 Å². The number of anilines is 1. The topological polar surface area (TPSA) is 79.3 Å². The fourth-order valence-electron chi connectivity index (χ4n) is 1.76. The lowest BCUT2D eigenvalue weighted by atomic mass is 10.2. The van der Waals surface area contributed by atoms with Crippen LogP contribution in [-0.4, -0.2) is 18.5 Å². The van der Waals surface area contributed by atoms with Crippen molar-refractivity contribution in [3.8, 4) is 5.75 Å². The average Bonchev–Trinajstić information content (AvgIpc) is 2.31. The molecule has 0 aliphatic heterocycles. The summed E-state index contributed by atoms with van der Waals surface area (Å²) in [4.78, 5) is 3.97. The van der Waals surface area contributed by atoms with Crippen molar-refractivity contribution in [3.63, 3.8) is 0 Å². The van der Waals surface area contributed by atoms with Gasteiger partial charge < -0.3 is 5.11 Å². The van der Waals surface area contributed by atoms with E-state index in [4.69, 9.17) is 0 Å². The summed E-state index contributed by atoms with van der Waals surface area (Å²) in [5.41, 5.74) is 1.63. The summed E-state index contributed by atoms with van der Waals surface area (Å²) in [5.74, 6) is -0.293. The summed E-state index contributed by atoms with van der Waals surface area (Å²) >= 11 is 0. The van der Waals surface area contributed by atoms with Crippen molar-refractivity contribution in [2.24, 2.45) is 0 Å². The molecule has 0 saturated heterocycles. The Morgan fingerprint density at radius 2 is 1.95 bits per heavy atom. The number of aromatic hydroxyl groups is 1. The van der Waals surface area contributed by atoms with Crippen LogP contribution in [-0.2, 0) is 10.0 Å². The molecular formula is C13H14N2O3S. The minimum atomic E-state index is -3.76. The molecule has 100 valence electrons. The van der Waals surface area contributed by atoms with E-state index < -0.39 is 10.0 Å². The highest BCUT2D eigenvalue weighted by Gasteiger charge is 2.18. The average molecular weight is 278 g/mol. The Labute approximate surface area is 112 Å². The standard InChI is InChI=1S/C13H14N2O3S/c1-9-5-6-12(10(2)8-9)19(17,18)15-13-11(16)4-3-7-14-13/h3-8,16H,1-2H3,(H,14,15). The lowest BCUT2D eigenvalue weighted by Crippen LogP contribution is -2.15. The SMILES string of the molecule is Cc1ccc(S(=O)(=O)Nc2ncccc2O)c(C)c1. The molecule has 0 atom stereocenters. The van der Waals surface area contributed by atoms with Crippen LogP contribution in [0, 0.1) is 13.8 Å². The predicted octanol–water partition coefficient (Wildman–Crippen LogP) is 2.20. The van der Waals surface area contributed by atoms with Crippen molar-refractivity contribution >= 4 is 15.8 Å². The van der Waals surface area contributed by atoms with Crippen LogP contribution in [0.25, 0.3) is 0 Å². The summed E-state index contributed by atoms with van der Waals surface area (Å²) in [6.07, 6.45) is 1.40. The van der Waals surface area contributed by atoms with E-state index in [0.717, 1.165) is 5.56 Å². The van der Waals surface area contributed by atoms with Gasteiger partial charge in [0.05, 0.1) is 4.90 Å². The summed E-state index contributed by atoms with van der Waals surface area (Å²) < 4.78 is 26.7. The third-order valence-electron chi connectivity index (χ3n) is 2.64. The molecule has 2 aromatic rings. The minimum Gasteiger partial charge on any atom is -0.504 e. The van der Waals surface area contributed by atoms with Gasteiger partial charge in [0, 0.05) is 6.20 Å². The van der Waals surface area contributed by atoms with Crippen LogP contribution >= 0.6 is 0 Å². The highest BCUT2D eigenvalue weighted by atomic mass is 32.2. The number of nitrogens with one attached hydrogen (secondary N) is 1. The van der Waals surface area contributed by atoms with E-state index in [-0.39, 0.29) is 16.5 Å². The number of pyridine rings is 1. The van der Waals surface area contributed by atoms with Gasteiger partial charge >= 0.3 is 0 Å². The number of benzene rings is 1. The molecule has 1 heterocycles. The molecule has 1 aromatic carbocycles. The van der Waals surface area contributed by atoms with Gasteiger partial charge in [-0.05, 0) is 37.6 Å². The first-order valence-corrected chi connectivity index (χ1v) is 7.12. The van der Waals surface area contributed by atoms with Crippen LogP contribution in [0.5, 0.6) is 5.75 Å². The van der Waals surface area contributed by atoms with Gasteiger partial charge in [0.1, 0.15) is 0 Å². The lowest BCUT2D eigenvalue weighted by Gasteiger charge is -2.11. The van der Waals surface area contributed by atoms with Crippen molar-refractivity contribution in [3.05, 3.63) is 47.7 Å². The van der Waals surface area contributed by atoms with Gasteiger partial charge in [-0.25, -0.2) is 13.4 Å². The number of hydrogen-bond donors (Lipinski definition) is 2. The smallest absolute Gasteiger partial charge is 0.263 e. The monoisotopic (exact) mass is 278 g/mol. The third kappa shape index (κ3) is 2.85. The van der Waals surface area contributed by atoms with E-state index in [2.05, 4.69) is 9.71 Å². The normalized spacial score (nSPS) is 11.3. The Morgan fingerprint density at radius 3 is 2.58 bits per heavy atom. The predicted molar refractivity (Wildman–Crippen MR) is 72.6 cm³/mol. The molecule has 2 rings (SSSR count). The van der Waals surface area contributed by atoms with Crippen LogP contribution in [0.2, 0.25) is 0 Å². The number of aryl methyl sites for hydroxylation is 2. The van der Waals surface area contributed by atoms with Crippen molar-refractivity contribution < 1.29 is 13.5 Å². The first-order valence-electron chi connectivity index (χ1n) is 5.64. The summed E-state index contributed by atoms with van der Waals surface area (Å²) in [6.45, 7) is 3.61. The van der Waals surface area contributed by atoms with Crippen molar-refractivity contribution in [2.45, 2.75) is 18.7 Å². The number of sulfonamides is 1. The summed E-state index contributed by atoms with van der Waals surface area (Å²) in [6, 6.07) is 7.93. The van der Waals surface area contributed by atoms with Crippen molar-refractivity contribution in [1.82, 2.24) is 4.98 Å². The molecule has 6 heteroatoms. The quantitative estimate of drug-likeness (QED) is 0.902. The Bertz CT molecular complexity index is 712. The van der Waals surface area contributed by atoms with Gasteiger partial charge in [-0.2, -0.15) is 0 Å². The minimum absolute atomic E-state index is 0.0810. The molecule has 0 bridgehead atoms. The van der Waals surface area contributed by atoms with Crippen LogP contribution in [0.1, 0.15) is 11.1 Å². The fraction of sp³-hybridized carbons (Fsp3) is 0.154. The zero-order chi connectivity index (χ0) is 14.0. The van der Waals surface area contributed by atoms with Crippen molar-refractivity contribution in [1.29, 1.82) is 0 Å². The molecule has 1 aromatic heterocycles. The molecule has 2 N–H and O–H groups in total. The van der Waals surface area contributed by atoms with Gasteiger partial charge in [-0.15, -0.1) is 0 Å².